The number of guanidine groups is 1. The molecular formula is C23H30F3N5O. The molecule has 0 saturated carbocycles. The number of ether oxygens (including phenoxy) is 1. The molecule has 174 valence electrons. The smallest absolute Gasteiger partial charge is 0.422 e. The molecule has 2 N–H and O–H groups in total. The monoisotopic (exact) mass is 449 g/mol. The third-order valence-corrected chi connectivity index (χ3v) is 5.21. The number of nitrogens with one attached hydrogen (secondary N) is 2. The first kappa shape index (κ1) is 23.7. The third-order valence-electron chi connectivity index (χ3n) is 5.21. The van der Waals surface area contributed by atoms with Gasteiger partial charge in [-0.05, 0) is 42.2 Å². The number of aliphatic imine (C=N–C) groups is 1. The van der Waals surface area contributed by atoms with Crippen molar-refractivity contribution in [3.63, 3.8) is 0 Å². The fourth-order valence-corrected chi connectivity index (χ4v) is 3.47. The summed E-state index contributed by atoms with van der Waals surface area (Å²) < 4.78 is 41.4. The molecular weight excluding hydrogens is 419 g/mol. The summed E-state index contributed by atoms with van der Waals surface area (Å²) in [6, 6.07) is 10.6. The second-order valence-electron chi connectivity index (χ2n) is 7.75. The Balaban J connectivity index is 1.43. The summed E-state index contributed by atoms with van der Waals surface area (Å²) in [7, 11) is 1.68. The highest BCUT2D eigenvalue weighted by molar-refractivity contribution is 5.79. The number of halogens is 3. The molecule has 1 aromatic heterocycles. The Morgan fingerprint density at radius 2 is 1.59 bits per heavy atom. The molecule has 2 aromatic rings. The van der Waals surface area contributed by atoms with Crippen LogP contribution in [0.2, 0.25) is 0 Å². The highest BCUT2D eigenvalue weighted by Gasteiger charge is 2.28. The molecule has 9 heteroatoms. The number of alkyl halides is 3. The van der Waals surface area contributed by atoms with Gasteiger partial charge in [-0.2, -0.15) is 13.2 Å². The maximum atomic E-state index is 12.2. The van der Waals surface area contributed by atoms with Gasteiger partial charge in [0.2, 0.25) is 0 Å². The van der Waals surface area contributed by atoms with Crippen molar-refractivity contribution in [2.24, 2.45) is 4.99 Å². The van der Waals surface area contributed by atoms with Gasteiger partial charge in [-0.1, -0.05) is 31.0 Å². The zero-order chi connectivity index (χ0) is 22.8. The third kappa shape index (κ3) is 7.94. The second kappa shape index (κ2) is 11.6. The largest absolute Gasteiger partial charge is 0.484 e. The van der Waals surface area contributed by atoms with Gasteiger partial charge in [0.1, 0.15) is 11.6 Å². The molecule has 1 aromatic carbocycles. The van der Waals surface area contributed by atoms with E-state index in [9.17, 15) is 13.2 Å². The Hall–Kier alpha value is -2.97. The number of aromatic nitrogens is 1. The molecule has 0 unspecified atom stereocenters. The van der Waals surface area contributed by atoms with Gasteiger partial charge in [0.05, 0.1) is 0 Å². The van der Waals surface area contributed by atoms with Crippen LogP contribution in [0.4, 0.5) is 19.0 Å². The van der Waals surface area contributed by atoms with Crippen LogP contribution >= 0.6 is 0 Å². The fraction of sp³-hybridized carbons (Fsp3) is 0.478. The van der Waals surface area contributed by atoms with Crippen LogP contribution in [0.25, 0.3) is 0 Å². The van der Waals surface area contributed by atoms with Crippen molar-refractivity contribution in [3.8, 4) is 5.75 Å². The molecule has 0 amide bonds. The lowest BCUT2D eigenvalue weighted by molar-refractivity contribution is -0.153. The van der Waals surface area contributed by atoms with E-state index in [1.54, 1.807) is 19.2 Å². The van der Waals surface area contributed by atoms with Crippen LogP contribution in [-0.2, 0) is 13.1 Å². The lowest BCUT2D eigenvalue weighted by Crippen LogP contribution is -2.36. The van der Waals surface area contributed by atoms with Crippen molar-refractivity contribution in [2.45, 2.75) is 44.9 Å². The van der Waals surface area contributed by atoms with Gasteiger partial charge >= 0.3 is 6.18 Å². The molecule has 1 aliphatic rings. The van der Waals surface area contributed by atoms with Crippen LogP contribution in [0.1, 0.15) is 36.8 Å². The van der Waals surface area contributed by atoms with Gasteiger partial charge < -0.3 is 20.3 Å². The van der Waals surface area contributed by atoms with Crippen LogP contribution < -0.4 is 20.3 Å². The number of hydrogen-bond acceptors (Lipinski definition) is 4. The van der Waals surface area contributed by atoms with Crippen LogP contribution in [-0.4, -0.2) is 43.9 Å². The van der Waals surface area contributed by atoms with E-state index in [0.29, 0.717) is 19.0 Å². The standard InChI is InChI=1S/C23H30F3N5O/c1-27-22(29-14-18-6-9-20(10-7-18)32-17-23(24,25)26)30-16-19-8-11-21(28-15-19)31-12-4-2-3-5-13-31/h6-11,15H,2-5,12-14,16-17H2,1H3,(H2,27,29,30). The summed E-state index contributed by atoms with van der Waals surface area (Å²) >= 11 is 0. The highest BCUT2D eigenvalue weighted by atomic mass is 19.4. The molecule has 6 nitrogen and oxygen atoms in total. The molecule has 0 radical (unpaired) electrons. The average molecular weight is 450 g/mol. The van der Waals surface area contributed by atoms with Gasteiger partial charge in [0.25, 0.3) is 0 Å². The molecule has 1 fully saturated rings. The first-order valence-electron chi connectivity index (χ1n) is 10.9. The number of nitrogens with zero attached hydrogens (tertiary/aromatic N) is 3. The van der Waals surface area contributed by atoms with E-state index in [1.807, 2.05) is 6.20 Å². The molecule has 0 atom stereocenters. The van der Waals surface area contributed by atoms with Crippen LogP contribution in [0, 0.1) is 0 Å². The molecule has 32 heavy (non-hydrogen) atoms. The zero-order valence-corrected chi connectivity index (χ0v) is 18.3. The molecule has 3 rings (SSSR count). The van der Waals surface area contributed by atoms with Gasteiger partial charge in [0, 0.05) is 39.4 Å². The van der Waals surface area contributed by atoms with E-state index in [2.05, 4.69) is 37.6 Å². The van der Waals surface area contributed by atoms with Crippen LogP contribution in [0.5, 0.6) is 5.75 Å². The maximum absolute atomic E-state index is 12.2. The first-order chi connectivity index (χ1) is 15.4. The summed E-state index contributed by atoms with van der Waals surface area (Å²) in [5.41, 5.74) is 1.95. The number of rotatable bonds is 7. The first-order valence-corrected chi connectivity index (χ1v) is 10.9. The molecule has 0 bridgehead atoms. The Kier molecular flexibility index (Phi) is 8.58. The van der Waals surface area contributed by atoms with E-state index in [1.165, 1.54) is 37.8 Å². The van der Waals surface area contributed by atoms with E-state index in [0.717, 1.165) is 30.0 Å². The minimum atomic E-state index is -4.35. The average Bonchev–Trinajstić information content (AvgIpc) is 3.08. The van der Waals surface area contributed by atoms with Crippen molar-refractivity contribution in [2.75, 3.05) is 31.6 Å². The highest BCUT2D eigenvalue weighted by Crippen LogP contribution is 2.19. The van der Waals surface area contributed by atoms with Crippen molar-refractivity contribution >= 4 is 11.8 Å². The summed E-state index contributed by atoms with van der Waals surface area (Å²) in [5.74, 6) is 1.84. The number of pyridine rings is 1. The molecule has 0 spiro atoms. The second-order valence-corrected chi connectivity index (χ2v) is 7.75. The zero-order valence-electron chi connectivity index (χ0n) is 18.3. The predicted molar refractivity (Wildman–Crippen MR) is 120 cm³/mol. The number of benzene rings is 1. The van der Waals surface area contributed by atoms with Crippen molar-refractivity contribution in [1.82, 2.24) is 15.6 Å². The van der Waals surface area contributed by atoms with E-state index >= 15 is 0 Å². The minimum absolute atomic E-state index is 0.185. The lowest BCUT2D eigenvalue weighted by Gasteiger charge is -2.21. The summed E-state index contributed by atoms with van der Waals surface area (Å²) in [6.07, 6.45) is 2.56. The SMILES string of the molecule is CN=C(NCc1ccc(OCC(F)(F)F)cc1)NCc1ccc(N2CCCCCC2)nc1. The predicted octanol–water partition coefficient (Wildman–Crippen LogP) is 4.27. The Morgan fingerprint density at radius 3 is 2.16 bits per heavy atom. The van der Waals surface area contributed by atoms with Gasteiger partial charge in [-0.3, -0.25) is 4.99 Å². The summed E-state index contributed by atoms with van der Waals surface area (Å²) in [5, 5.41) is 6.44. The number of anilines is 1. The Labute approximate surface area is 186 Å². The van der Waals surface area contributed by atoms with E-state index in [-0.39, 0.29) is 5.75 Å². The summed E-state index contributed by atoms with van der Waals surface area (Å²) in [6.45, 7) is 1.89. The lowest BCUT2D eigenvalue weighted by atomic mass is 10.2. The van der Waals surface area contributed by atoms with Crippen LogP contribution in [0.15, 0.2) is 47.6 Å². The Bertz CT molecular complexity index is 845. The number of hydrogen-bond donors (Lipinski definition) is 2. The normalized spacial score (nSPS) is 15.2. The maximum Gasteiger partial charge on any atom is 0.422 e. The minimum Gasteiger partial charge on any atom is -0.484 e. The molecule has 1 saturated heterocycles. The van der Waals surface area contributed by atoms with Gasteiger partial charge in [-0.25, -0.2) is 4.98 Å². The summed E-state index contributed by atoms with van der Waals surface area (Å²) in [4.78, 5) is 11.2. The van der Waals surface area contributed by atoms with Crippen LogP contribution in [0.3, 0.4) is 0 Å². The molecule has 2 heterocycles. The Morgan fingerprint density at radius 1 is 0.969 bits per heavy atom. The van der Waals surface area contributed by atoms with Crippen molar-refractivity contribution < 1.29 is 17.9 Å². The van der Waals surface area contributed by atoms with Crippen molar-refractivity contribution in [3.05, 3.63) is 53.7 Å². The topological polar surface area (TPSA) is 61.8 Å². The van der Waals surface area contributed by atoms with E-state index < -0.39 is 12.8 Å². The van der Waals surface area contributed by atoms with Gasteiger partial charge in [0.15, 0.2) is 12.6 Å². The van der Waals surface area contributed by atoms with Crippen molar-refractivity contribution in [1.29, 1.82) is 0 Å². The fourth-order valence-electron chi connectivity index (χ4n) is 3.47. The van der Waals surface area contributed by atoms with E-state index in [4.69, 9.17) is 4.74 Å². The molecule has 1 aliphatic heterocycles. The molecule has 0 aliphatic carbocycles. The quantitative estimate of drug-likeness (QED) is 0.488. The van der Waals surface area contributed by atoms with Gasteiger partial charge in [-0.15, -0.1) is 0 Å².